The zero-order chi connectivity index (χ0) is 14.0. The second-order valence-electron chi connectivity index (χ2n) is 3.93. The second-order valence-corrected chi connectivity index (χ2v) is 5.68. The van der Waals surface area contributed by atoms with Crippen molar-refractivity contribution in [1.82, 2.24) is 9.78 Å². The lowest BCUT2D eigenvalue weighted by molar-refractivity contribution is 0.100. The van der Waals surface area contributed by atoms with Gasteiger partial charge in [0.1, 0.15) is 0 Å². The Bertz CT molecular complexity index is 721. The highest BCUT2D eigenvalue weighted by molar-refractivity contribution is 7.92. The molecule has 0 atom stereocenters. The van der Waals surface area contributed by atoms with Gasteiger partial charge in [-0.2, -0.15) is 5.10 Å². The van der Waals surface area contributed by atoms with E-state index in [1.165, 1.54) is 17.1 Å². The molecule has 0 radical (unpaired) electrons. The third-order valence-electron chi connectivity index (χ3n) is 2.31. The first-order valence-electron chi connectivity index (χ1n) is 5.28. The minimum atomic E-state index is -3.40. The molecule has 0 saturated heterocycles. The molecule has 0 bridgehead atoms. The first-order chi connectivity index (χ1) is 8.87. The summed E-state index contributed by atoms with van der Waals surface area (Å²) in [5.41, 5.74) is 6.25. The molecule has 0 aliphatic carbocycles. The van der Waals surface area contributed by atoms with E-state index in [-0.39, 0.29) is 5.56 Å². The number of nitrogens with zero attached hydrogens (tertiary/aromatic N) is 2. The molecule has 1 heterocycles. The maximum atomic E-state index is 11.3. The van der Waals surface area contributed by atoms with Crippen LogP contribution in [0.2, 0.25) is 0 Å². The van der Waals surface area contributed by atoms with Gasteiger partial charge in [0.2, 0.25) is 10.0 Å². The molecule has 0 aliphatic rings. The lowest BCUT2D eigenvalue weighted by atomic mass is 10.3. The largest absolute Gasteiger partial charge is 0.366 e. The summed E-state index contributed by atoms with van der Waals surface area (Å²) in [6.45, 7) is 0. The van der Waals surface area contributed by atoms with Crippen LogP contribution in [0.5, 0.6) is 0 Å². The number of sulfonamides is 1. The molecule has 1 amide bonds. The summed E-state index contributed by atoms with van der Waals surface area (Å²) in [5, 5.41) is 3.98. The number of nitrogens with one attached hydrogen (secondary N) is 1. The van der Waals surface area contributed by atoms with Crippen LogP contribution in [-0.4, -0.2) is 30.4 Å². The summed E-state index contributed by atoms with van der Waals surface area (Å²) < 4.78 is 26.3. The highest BCUT2D eigenvalue weighted by atomic mass is 32.2. The smallest absolute Gasteiger partial charge is 0.251 e. The Morgan fingerprint density at radius 1 is 1.37 bits per heavy atom. The molecular weight excluding hydrogens is 268 g/mol. The number of primary amides is 1. The monoisotopic (exact) mass is 280 g/mol. The van der Waals surface area contributed by atoms with Gasteiger partial charge in [0.05, 0.1) is 29.4 Å². The second kappa shape index (κ2) is 4.73. The number of hydrogen-bond donors (Lipinski definition) is 2. The molecular formula is C11H12N4O3S. The number of carbonyl (C=O) groups is 1. The highest BCUT2D eigenvalue weighted by Crippen LogP contribution is 2.20. The normalized spacial score (nSPS) is 11.2. The fourth-order valence-corrected chi connectivity index (χ4v) is 2.11. The SMILES string of the molecule is CS(=O)(=O)Nc1ccccc1-n1cc(C(N)=O)cn1. The number of rotatable bonds is 4. The number of anilines is 1. The van der Waals surface area contributed by atoms with E-state index in [0.717, 1.165) is 6.26 Å². The van der Waals surface area contributed by atoms with E-state index in [0.29, 0.717) is 11.4 Å². The summed E-state index contributed by atoms with van der Waals surface area (Å²) in [7, 11) is -3.40. The molecule has 19 heavy (non-hydrogen) atoms. The van der Waals surface area contributed by atoms with Gasteiger partial charge in [-0.1, -0.05) is 12.1 Å². The Morgan fingerprint density at radius 3 is 2.63 bits per heavy atom. The molecule has 1 aromatic heterocycles. The average molecular weight is 280 g/mol. The van der Waals surface area contributed by atoms with Gasteiger partial charge in [0.15, 0.2) is 0 Å². The van der Waals surface area contributed by atoms with Crippen molar-refractivity contribution in [3.05, 3.63) is 42.2 Å². The summed E-state index contributed by atoms with van der Waals surface area (Å²) in [6.07, 6.45) is 3.81. The molecule has 0 fully saturated rings. The van der Waals surface area contributed by atoms with E-state index in [1.54, 1.807) is 24.3 Å². The van der Waals surface area contributed by atoms with E-state index >= 15 is 0 Å². The molecule has 2 rings (SSSR count). The maximum Gasteiger partial charge on any atom is 0.251 e. The van der Waals surface area contributed by atoms with Crippen molar-refractivity contribution in [1.29, 1.82) is 0 Å². The van der Waals surface area contributed by atoms with E-state index < -0.39 is 15.9 Å². The van der Waals surface area contributed by atoms with Crippen LogP contribution in [0.25, 0.3) is 5.69 Å². The number of benzene rings is 1. The minimum Gasteiger partial charge on any atom is -0.366 e. The molecule has 7 nitrogen and oxygen atoms in total. The van der Waals surface area contributed by atoms with Crippen LogP contribution in [0.1, 0.15) is 10.4 Å². The van der Waals surface area contributed by atoms with E-state index in [4.69, 9.17) is 5.73 Å². The summed E-state index contributed by atoms with van der Waals surface area (Å²) in [4.78, 5) is 11.0. The van der Waals surface area contributed by atoms with E-state index in [9.17, 15) is 13.2 Å². The summed E-state index contributed by atoms with van der Waals surface area (Å²) in [5.74, 6) is -0.597. The van der Waals surface area contributed by atoms with E-state index in [1.807, 2.05) is 0 Å². The third kappa shape index (κ3) is 3.10. The zero-order valence-electron chi connectivity index (χ0n) is 10.1. The molecule has 8 heteroatoms. The maximum absolute atomic E-state index is 11.3. The highest BCUT2D eigenvalue weighted by Gasteiger charge is 2.11. The standard InChI is InChI=1S/C11H12N4O3S/c1-19(17,18)14-9-4-2-3-5-10(9)15-7-8(6-13-15)11(12)16/h2-7,14H,1H3,(H2,12,16). The van der Waals surface area contributed by atoms with Crippen LogP contribution in [0.15, 0.2) is 36.7 Å². The van der Waals surface area contributed by atoms with Crippen molar-refractivity contribution in [2.45, 2.75) is 0 Å². The van der Waals surface area contributed by atoms with Gasteiger partial charge in [-0.3, -0.25) is 9.52 Å². The Hall–Kier alpha value is -2.35. The molecule has 100 valence electrons. The first kappa shape index (κ1) is 13.1. The van der Waals surface area contributed by atoms with Crippen LogP contribution >= 0.6 is 0 Å². The number of nitrogens with two attached hydrogens (primary N) is 1. The van der Waals surface area contributed by atoms with Crippen molar-refractivity contribution in [3.8, 4) is 5.69 Å². The van der Waals surface area contributed by atoms with Gasteiger partial charge < -0.3 is 5.73 Å². The van der Waals surface area contributed by atoms with Gasteiger partial charge in [0, 0.05) is 6.20 Å². The molecule has 2 aromatic rings. The van der Waals surface area contributed by atoms with Crippen LogP contribution in [0.3, 0.4) is 0 Å². The van der Waals surface area contributed by atoms with Gasteiger partial charge in [-0.05, 0) is 12.1 Å². The predicted molar refractivity (Wildman–Crippen MR) is 70.5 cm³/mol. The topological polar surface area (TPSA) is 107 Å². The number of para-hydroxylation sites is 2. The van der Waals surface area contributed by atoms with Crippen molar-refractivity contribution in [3.63, 3.8) is 0 Å². The number of amides is 1. The number of aromatic nitrogens is 2. The summed E-state index contributed by atoms with van der Waals surface area (Å²) >= 11 is 0. The van der Waals surface area contributed by atoms with Gasteiger partial charge in [-0.15, -0.1) is 0 Å². The number of carbonyl (C=O) groups excluding carboxylic acids is 1. The molecule has 1 aromatic carbocycles. The fourth-order valence-electron chi connectivity index (χ4n) is 1.54. The Kier molecular flexibility index (Phi) is 3.26. The van der Waals surface area contributed by atoms with Crippen molar-refractivity contribution >= 4 is 21.6 Å². The lowest BCUT2D eigenvalue weighted by Gasteiger charge is -2.10. The Labute approximate surface area is 110 Å². The third-order valence-corrected chi connectivity index (χ3v) is 2.90. The fraction of sp³-hybridized carbons (Fsp3) is 0.0909. The van der Waals surface area contributed by atoms with Crippen LogP contribution in [0.4, 0.5) is 5.69 Å². The van der Waals surface area contributed by atoms with Crippen molar-refractivity contribution < 1.29 is 13.2 Å². The summed E-state index contributed by atoms with van der Waals surface area (Å²) in [6, 6.07) is 6.69. The van der Waals surface area contributed by atoms with Crippen LogP contribution in [-0.2, 0) is 10.0 Å². The zero-order valence-corrected chi connectivity index (χ0v) is 10.9. The average Bonchev–Trinajstić information content (AvgIpc) is 2.76. The minimum absolute atomic E-state index is 0.245. The van der Waals surface area contributed by atoms with Gasteiger partial charge >= 0.3 is 0 Å². The predicted octanol–water partition coefficient (Wildman–Crippen LogP) is 0.343. The first-order valence-corrected chi connectivity index (χ1v) is 7.17. The molecule has 0 aliphatic heterocycles. The molecule has 3 N–H and O–H groups in total. The molecule has 0 spiro atoms. The van der Waals surface area contributed by atoms with Gasteiger partial charge in [-0.25, -0.2) is 13.1 Å². The van der Waals surface area contributed by atoms with Crippen LogP contribution < -0.4 is 10.5 Å². The van der Waals surface area contributed by atoms with Crippen LogP contribution in [0, 0.1) is 0 Å². The Morgan fingerprint density at radius 2 is 2.05 bits per heavy atom. The van der Waals surface area contributed by atoms with E-state index in [2.05, 4.69) is 9.82 Å². The van der Waals surface area contributed by atoms with Gasteiger partial charge in [0.25, 0.3) is 5.91 Å². The molecule has 0 saturated carbocycles. The lowest BCUT2D eigenvalue weighted by Crippen LogP contribution is -2.12. The molecule has 0 unspecified atom stereocenters. The van der Waals surface area contributed by atoms with Crippen molar-refractivity contribution in [2.75, 3.05) is 11.0 Å². The van der Waals surface area contributed by atoms with Crippen molar-refractivity contribution in [2.24, 2.45) is 5.73 Å². The quantitative estimate of drug-likeness (QED) is 0.842. The number of hydrogen-bond acceptors (Lipinski definition) is 4. The Balaban J connectivity index is 2.46.